The molecule has 0 aliphatic carbocycles. The average molecular weight is 592 g/mol. The van der Waals surface area contributed by atoms with Crippen LogP contribution in [0.4, 0.5) is 5.13 Å². The van der Waals surface area contributed by atoms with Crippen LogP contribution in [0, 0.1) is 5.92 Å². The number of aromatic nitrogens is 1. The molecule has 2 aromatic heterocycles. The van der Waals surface area contributed by atoms with E-state index < -0.39 is 10.0 Å². The number of carbonyl (C=O) groups is 1. The van der Waals surface area contributed by atoms with E-state index in [0.29, 0.717) is 45.1 Å². The van der Waals surface area contributed by atoms with Crippen LogP contribution in [0.3, 0.4) is 0 Å². The number of thiazole rings is 1. The van der Waals surface area contributed by atoms with Crippen molar-refractivity contribution in [2.75, 3.05) is 52.3 Å². The molecule has 13 heteroatoms. The van der Waals surface area contributed by atoms with E-state index in [1.807, 2.05) is 14.1 Å². The zero-order chi connectivity index (χ0) is 26.0. The van der Waals surface area contributed by atoms with Crippen LogP contribution < -0.4 is 9.64 Å². The topological polar surface area (TPSA) is 83.0 Å². The Kier molecular flexibility index (Phi) is 8.81. The first-order valence-electron chi connectivity index (χ1n) is 11.5. The number of rotatable bonds is 9. The maximum atomic E-state index is 13.8. The first-order chi connectivity index (χ1) is 17.1. The van der Waals surface area contributed by atoms with Crippen LogP contribution in [0.5, 0.6) is 5.75 Å². The summed E-state index contributed by atoms with van der Waals surface area (Å²) < 4.78 is 34.3. The molecular weight excluding hydrogens is 563 g/mol. The van der Waals surface area contributed by atoms with Crippen molar-refractivity contribution in [2.24, 2.45) is 5.92 Å². The Morgan fingerprint density at radius 3 is 2.47 bits per heavy atom. The minimum atomic E-state index is -3.62. The van der Waals surface area contributed by atoms with Crippen LogP contribution in [0.15, 0.2) is 28.5 Å². The zero-order valence-corrected chi connectivity index (χ0v) is 24.2. The highest BCUT2D eigenvalue weighted by Gasteiger charge is 2.35. The first-order valence-corrected chi connectivity index (χ1v) is 15.3. The minimum absolute atomic E-state index is 0.0425. The van der Waals surface area contributed by atoms with Crippen LogP contribution in [-0.2, 0) is 14.8 Å². The fraction of sp³-hybridized carbons (Fsp3) is 0.478. The van der Waals surface area contributed by atoms with Gasteiger partial charge in [-0.25, -0.2) is 13.4 Å². The van der Waals surface area contributed by atoms with E-state index in [1.54, 1.807) is 30.2 Å². The number of halogens is 2. The normalized spacial score (nSPS) is 15.6. The Balaban J connectivity index is 1.54. The van der Waals surface area contributed by atoms with Gasteiger partial charge in [-0.05, 0) is 64.2 Å². The Bertz CT molecular complexity index is 1330. The third kappa shape index (κ3) is 5.82. The number of hydrogen-bond donors (Lipinski definition) is 0. The van der Waals surface area contributed by atoms with E-state index in [-0.39, 0.29) is 29.1 Å². The predicted octanol–water partition coefficient (Wildman–Crippen LogP) is 5.06. The number of nitrogens with zero attached hydrogens (tertiary/aromatic N) is 4. The molecule has 0 spiro atoms. The summed E-state index contributed by atoms with van der Waals surface area (Å²) in [4.78, 5) is 22.3. The van der Waals surface area contributed by atoms with Crippen molar-refractivity contribution < 1.29 is 17.9 Å². The third-order valence-corrected chi connectivity index (χ3v) is 11.2. The van der Waals surface area contributed by atoms with Crippen LogP contribution in [0.25, 0.3) is 10.2 Å². The molecule has 0 N–H and O–H groups in total. The van der Waals surface area contributed by atoms with Gasteiger partial charge in [0, 0.05) is 25.6 Å². The van der Waals surface area contributed by atoms with E-state index in [1.165, 1.54) is 21.7 Å². The van der Waals surface area contributed by atoms with Gasteiger partial charge in [0.1, 0.15) is 15.5 Å². The molecule has 0 saturated carbocycles. The lowest BCUT2D eigenvalue weighted by Crippen LogP contribution is -2.45. The molecule has 3 aromatic rings. The number of hydrogen-bond acceptors (Lipinski definition) is 8. The van der Waals surface area contributed by atoms with Gasteiger partial charge in [0.25, 0.3) is 10.0 Å². The molecule has 1 aromatic carbocycles. The van der Waals surface area contributed by atoms with Gasteiger partial charge in [-0.15, -0.1) is 11.3 Å². The largest absolute Gasteiger partial charge is 0.494 e. The number of methoxy groups -OCH3 is 1. The molecule has 4 rings (SSSR count). The number of sulfonamides is 1. The van der Waals surface area contributed by atoms with E-state index in [0.717, 1.165) is 29.0 Å². The maximum absolute atomic E-state index is 13.8. The number of amides is 1. The third-order valence-electron chi connectivity index (χ3n) is 6.10. The summed E-state index contributed by atoms with van der Waals surface area (Å²) in [7, 11) is 1.94. The molecule has 0 radical (unpaired) electrons. The summed E-state index contributed by atoms with van der Waals surface area (Å²) >= 11 is 14.8. The van der Waals surface area contributed by atoms with Crippen molar-refractivity contribution in [2.45, 2.75) is 23.5 Å². The molecule has 1 saturated heterocycles. The first kappa shape index (κ1) is 27.6. The van der Waals surface area contributed by atoms with E-state index >= 15 is 0 Å². The molecule has 0 atom stereocenters. The van der Waals surface area contributed by atoms with Gasteiger partial charge in [-0.3, -0.25) is 9.69 Å². The summed E-state index contributed by atoms with van der Waals surface area (Å²) in [5.74, 6) is 0.260. The lowest BCUT2D eigenvalue weighted by atomic mass is 9.96. The summed E-state index contributed by atoms with van der Waals surface area (Å²) in [6.07, 6.45) is 1.65. The monoisotopic (exact) mass is 590 g/mol. The molecule has 1 fully saturated rings. The number of benzene rings is 1. The Morgan fingerprint density at radius 2 is 1.86 bits per heavy atom. The smallest absolute Gasteiger partial charge is 0.252 e. The molecule has 0 unspecified atom stereocenters. The summed E-state index contributed by atoms with van der Waals surface area (Å²) in [6.45, 7) is 1.88. The second-order valence-corrected chi connectivity index (χ2v) is 14.1. The Hall–Kier alpha value is -1.47. The second-order valence-electron chi connectivity index (χ2n) is 8.81. The molecule has 8 nitrogen and oxygen atoms in total. The van der Waals surface area contributed by atoms with Crippen LogP contribution in [-0.4, -0.2) is 75.9 Å². The van der Waals surface area contributed by atoms with Crippen LogP contribution >= 0.6 is 45.9 Å². The number of ether oxygens (including phenoxy) is 1. The fourth-order valence-electron chi connectivity index (χ4n) is 4.19. The standard InChI is InChI=1S/C23H28Cl2N4O4S3/c1-27(2)11-4-12-29(23-26-20-17(33-3)6-5-16(24)21(20)35-23)22(30)15-9-13-28(14-10-15)36(31,32)19-8-7-18(25)34-19/h5-8,15H,4,9-14H2,1-3H3. The van der Waals surface area contributed by atoms with Crippen molar-refractivity contribution in [1.29, 1.82) is 0 Å². The quantitative estimate of drug-likeness (QED) is 0.346. The highest BCUT2D eigenvalue weighted by molar-refractivity contribution is 7.91. The number of thiophene rings is 1. The van der Waals surface area contributed by atoms with Gasteiger partial charge in [0.2, 0.25) is 5.91 Å². The van der Waals surface area contributed by atoms with Gasteiger partial charge in [0.15, 0.2) is 5.13 Å². The highest BCUT2D eigenvalue weighted by Crippen LogP contribution is 2.39. The van der Waals surface area contributed by atoms with Crippen LogP contribution in [0.2, 0.25) is 9.36 Å². The van der Waals surface area contributed by atoms with Gasteiger partial charge < -0.3 is 9.64 Å². The molecule has 0 bridgehead atoms. The molecule has 196 valence electrons. The maximum Gasteiger partial charge on any atom is 0.252 e. The van der Waals surface area contributed by atoms with Gasteiger partial charge in [-0.1, -0.05) is 34.5 Å². The van der Waals surface area contributed by atoms with Crippen molar-refractivity contribution >= 4 is 77.2 Å². The average Bonchev–Trinajstić information content (AvgIpc) is 3.49. The van der Waals surface area contributed by atoms with Crippen molar-refractivity contribution in [3.8, 4) is 5.75 Å². The molecule has 36 heavy (non-hydrogen) atoms. The van der Waals surface area contributed by atoms with Crippen molar-refractivity contribution in [1.82, 2.24) is 14.2 Å². The number of fused-ring (bicyclic) bond motifs is 1. The van der Waals surface area contributed by atoms with Crippen molar-refractivity contribution in [3.63, 3.8) is 0 Å². The highest BCUT2D eigenvalue weighted by atomic mass is 35.5. The van der Waals surface area contributed by atoms with Crippen LogP contribution in [0.1, 0.15) is 19.3 Å². The molecular formula is C23H28Cl2N4O4S3. The molecule has 3 heterocycles. The van der Waals surface area contributed by atoms with E-state index in [9.17, 15) is 13.2 Å². The lowest BCUT2D eigenvalue weighted by Gasteiger charge is -2.32. The van der Waals surface area contributed by atoms with Gasteiger partial charge in [0.05, 0.1) is 21.2 Å². The molecule has 1 aliphatic heterocycles. The lowest BCUT2D eigenvalue weighted by molar-refractivity contribution is -0.123. The summed E-state index contributed by atoms with van der Waals surface area (Å²) in [5.41, 5.74) is 0.630. The minimum Gasteiger partial charge on any atom is -0.494 e. The second kappa shape index (κ2) is 11.5. The van der Waals surface area contributed by atoms with Crippen molar-refractivity contribution in [3.05, 3.63) is 33.6 Å². The van der Waals surface area contributed by atoms with E-state index in [4.69, 9.17) is 32.9 Å². The summed E-state index contributed by atoms with van der Waals surface area (Å²) in [5, 5.41) is 1.13. The molecule has 1 aliphatic rings. The number of anilines is 1. The van der Waals surface area contributed by atoms with Gasteiger partial charge in [-0.2, -0.15) is 4.31 Å². The Morgan fingerprint density at radius 1 is 1.14 bits per heavy atom. The SMILES string of the molecule is COc1ccc(Cl)c2sc(N(CCCN(C)C)C(=O)C3CCN(S(=O)(=O)c4ccc(Cl)s4)CC3)nc12. The number of piperidine rings is 1. The number of carbonyl (C=O) groups excluding carboxylic acids is 1. The Labute approximate surface area is 229 Å². The predicted molar refractivity (Wildman–Crippen MR) is 148 cm³/mol. The van der Waals surface area contributed by atoms with Gasteiger partial charge >= 0.3 is 0 Å². The molecule has 1 amide bonds. The van der Waals surface area contributed by atoms with E-state index in [2.05, 4.69) is 4.90 Å². The fourth-order valence-corrected chi connectivity index (χ4v) is 8.59. The summed E-state index contributed by atoms with van der Waals surface area (Å²) in [6, 6.07) is 6.64. The zero-order valence-electron chi connectivity index (χ0n) is 20.2.